The van der Waals surface area contributed by atoms with E-state index in [0.29, 0.717) is 25.9 Å². The molecule has 0 aromatic rings. The number of hydrogen-bond acceptors (Lipinski definition) is 5. The number of aldehydes is 1. The molecule has 0 aliphatic carbocycles. The molecule has 2 aliphatic heterocycles. The number of unbranched alkanes of at least 4 members (excludes halogenated alkanes) is 1. The Balaban J connectivity index is 2.01. The molecule has 7 nitrogen and oxygen atoms in total. The van der Waals surface area contributed by atoms with Crippen LogP contribution < -0.4 is 11.1 Å². The van der Waals surface area contributed by atoms with Crippen LogP contribution in [0, 0.1) is 0 Å². The second kappa shape index (κ2) is 9.13. The Kier molecular flexibility index (Phi) is 7.17. The highest BCUT2D eigenvalue weighted by atomic mass is 16.2. The minimum atomic E-state index is -0.557. The van der Waals surface area contributed by atoms with E-state index in [1.807, 2.05) is 11.9 Å². The minimum absolute atomic E-state index is 0.0806. The first kappa shape index (κ1) is 18.9. The van der Waals surface area contributed by atoms with Crippen molar-refractivity contribution in [3.05, 3.63) is 0 Å². The lowest BCUT2D eigenvalue weighted by Crippen LogP contribution is -2.53. The summed E-state index contributed by atoms with van der Waals surface area (Å²) in [5.41, 5.74) is 5.54. The van der Waals surface area contributed by atoms with Crippen molar-refractivity contribution in [2.75, 3.05) is 26.7 Å². The molecule has 0 unspecified atom stereocenters. The normalized spacial score (nSPS) is 25.7. The molecule has 7 heteroatoms. The Morgan fingerprint density at radius 2 is 2.00 bits per heavy atom. The molecular formula is C17H30N4O3. The molecule has 2 fully saturated rings. The monoisotopic (exact) mass is 338 g/mol. The Morgan fingerprint density at radius 3 is 2.62 bits per heavy atom. The van der Waals surface area contributed by atoms with Gasteiger partial charge < -0.3 is 20.7 Å². The number of nitrogens with two attached hydrogens (primary N) is 1. The summed E-state index contributed by atoms with van der Waals surface area (Å²) in [6.07, 6.45) is 6.39. The fourth-order valence-corrected chi connectivity index (χ4v) is 3.67. The lowest BCUT2D eigenvalue weighted by atomic mass is 10.1. The molecule has 2 saturated heterocycles. The maximum absolute atomic E-state index is 12.8. The van der Waals surface area contributed by atoms with Crippen LogP contribution in [0.3, 0.4) is 0 Å². The fourth-order valence-electron chi connectivity index (χ4n) is 3.67. The maximum Gasteiger partial charge on any atom is 0.245 e. The van der Waals surface area contributed by atoms with Gasteiger partial charge in [-0.25, -0.2) is 0 Å². The summed E-state index contributed by atoms with van der Waals surface area (Å²) in [6, 6.07) is -1.06. The molecule has 2 rings (SSSR count). The highest BCUT2D eigenvalue weighted by Gasteiger charge is 2.35. The van der Waals surface area contributed by atoms with E-state index in [9.17, 15) is 14.4 Å². The first-order chi connectivity index (χ1) is 11.6. The van der Waals surface area contributed by atoms with E-state index >= 15 is 0 Å². The Hall–Kier alpha value is -1.47. The maximum atomic E-state index is 12.8. The van der Waals surface area contributed by atoms with Crippen LogP contribution in [0.15, 0.2) is 0 Å². The van der Waals surface area contributed by atoms with Crippen molar-refractivity contribution in [1.29, 1.82) is 0 Å². The predicted octanol–water partition coefficient (Wildman–Crippen LogP) is -0.116. The third kappa shape index (κ3) is 4.54. The Bertz CT molecular complexity index is 457. The van der Waals surface area contributed by atoms with Crippen molar-refractivity contribution in [3.63, 3.8) is 0 Å². The lowest BCUT2D eigenvalue weighted by molar-refractivity contribution is -0.139. The third-order valence-electron chi connectivity index (χ3n) is 5.12. The van der Waals surface area contributed by atoms with Crippen molar-refractivity contribution in [3.8, 4) is 0 Å². The first-order valence-corrected chi connectivity index (χ1v) is 9.05. The van der Waals surface area contributed by atoms with Gasteiger partial charge in [-0.05, 0) is 65.1 Å². The van der Waals surface area contributed by atoms with Gasteiger partial charge in [-0.15, -0.1) is 0 Å². The summed E-state index contributed by atoms with van der Waals surface area (Å²) < 4.78 is 0. The summed E-state index contributed by atoms with van der Waals surface area (Å²) in [6.45, 7) is 2.07. The number of carbonyl (C=O) groups is 3. The van der Waals surface area contributed by atoms with E-state index in [-0.39, 0.29) is 23.9 Å². The molecule has 3 atom stereocenters. The average molecular weight is 338 g/mol. The number of rotatable bonds is 8. The topological polar surface area (TPSA) is 95.7 Å². The zero-order valence-electron chi connectivity index (χ0n) is 14.6. The Labute approximate surface area is 143 Å². The van der Waals surface area contributed by atoms with E-state index in [4.69, 9.17) is 5.73 Å². The van der Waals surface area contributed by atoms with Gasteiger partial charge in [0.25, 0.3) is 0 Å². The van der Waals surface area contributed by atoms with Gasteiger partial charge in [0, 0.05) is 6.54 Å². The van der Waals surface area contributed by atoms with Gasteiger partial charge in [0.1, 0.15) is 12.3 Å². The predicted molar refractivity (Wildman–Crippen MR) is 91.3 cm³/mol. The smallest absolute Gasteiger partial charge is 0.245 e. The SMILES string of the molecule is CN1CCC[C@H]1C(=O)N[C@@H](CCCCN)C(=O)N1CCC[C@H]1C=O. The van der Waals surface area contributed by atoms with Crippen molar-refractivity contribution >= 4 is 18.1 Å². The number of nitrogens with one attached hydrogen (secondary N) is 1. The lowest BCUT2D eigenvalue weighted by Gasteiger charge is -2.28. The largest absolute Gasteiger partial charge is 0.343 e. The molecule has 0 radical (unpaired) electrons. The first-order valence-electron chi connectivity index (χ1n) is 9.05. The van der Waals surface area contributed by atoms with E-state index in [1.54, 1.807) is 4.90 Å². The zero-order valence-corrected chi connectivity index (χ0v) is 14.6. The van der Waals surface area contributed by atoms with Crippen LogP contribution >= 0.6 is 0 Å². The number of amides is 2. The van der Waals surface area contributed by atoms with E-state index in [1.165, 1.54) is 0 Å². The molecule has 2 aliphatic rings. The van der Waals surface area contributed by atoms with Crippen molar-refractivity contribution in [1.82, 2.24) is 15.1 Å². The van der Waals surface area contributed by atoms with Crippen LogP contribution in [0.1, 0.15) is 44.9 Å². The molecule has 2 amide bonds. The summed E-state index contributed by atoms with van der Waals surface area (Å²) in [5, 5.41) is 2.94. The number of hydrogen-bond donors (Lipinski definition) is 2. The van der Waals surface area contributed by atoms with Gasteiger partial charge in [0.2, 0.25) is 11.8 Å². The van der Waals surface area contributed by atoms with E-state index < -0.39 is 6.04 Å². The molecule has 136 valence electrons. The highest BCUT2D eigenvalue weighted by molar-refractivity contribution is 5.91. The van der Waals surface area contributed by atoms with Gasteiger partial charge in [-0.1, -0.05) is 0 Å². The standard InChI is InChI=1S/C17H30N4O3/c1-20-10-5-8-15(20)16(23)19-14(7-2-3-9-18)17(24)21-11-4-6-13(21)12-22/h12-15H,2-11,18H2,1H3,(H,19,23)/t13-,14-,15-/m0/s1. The quantitative estimate of drug-likeness (QED) is 0.475. The van der Waals surface area contributed by atoms with Crippen LogP contribution in [0.4, 0.5) is 0 Å². The van der Waals surface area contributed by atoms with Crippen LogP contribution in [-0.4, -0.2) is 72.7 Å². The number of likely N-dealkylation sites (tertiary alicyclic amines) is 2. The van der Waals surface area contributed by atoms with Gasteiger partial charge in [-0.3, -0.25) is 14.5 Å². The molecule has 24 heavy (non-hydrogen) atoms. The summed E-state index contributed by atoms with van der Waals surface area (Å²) in [5.74, 6) is -0.210. The average Bonchev–Trinajstić information content (AvgIpc) is 3.21. The van der Waals surface area contributed by atoms with Gasteiger partial charge in [0.05, 0.1) is 12.1 Å². The van der Waals surface area contributed by atoms with Crippen LogP contribution in [0.2, 0.25) is 0 Å². The van der Waals surface area contributed by atoms with E-state index in [2.05, 4.69) is 5.32 Å². The molecule has 3 N–H and O–H groups in total. The van der Waals surface area contributed by atoms with Crippen LogP contribution in [0.5, 0.6) is 0 Å². The molecule has 0 aromatic carbocycles. The Morgan fingerprint density at radius 1 is 1.25 bits per heavy atom. The molecule has 0 saturated carbocycles. The van der Waals surface area contributed by atoms with Gasteiger partial charge in [-0.2, -0.15) is 0 Å². The third-order valence-corrected chi connectivity index (χ3v) is 5.12. The van der Waals surface area contributed by atoms with Crippen LogP contribution in [0.25, 0.3) is 0 Å². The number of carbonyl (C=O) groups excluding carboxylic acids is 3. The number of nitrogens with zero attached hydrogens (tertiary/aromatic N) is 2. The molecule has 0 bridgehead atoms. The zero-order chi connectivity index (χ0) is 17.5. The van der Waals surface area contributed by atoms with Crippen molar-refractivity contribution in [2.24, 2.45) is 5.73 Å². The summed E-state index contributed by atoms with van der Waals surface area (Å²) >= 11 is 0. The second-order valence-corrected chi connectivity index (χ2v) is 6.86. The van der Waals surface area contributed by atoms with E-state index in [0.717, 1.165) is 44.9 Å². The molecular weight excluding hydrogens is 308 g/mol. The van der Waals surface area contributed by atoms with Gasteiger partial charge >= 0.3 is 0 Å². The second-order valence-electron chi connectivity index (χ2n) is 6.86. The summed E-state index contributed by atoms with van der Waals surface area (Å²) in [7, 11) is 1.94. The van der Waals surface area contributed by atoms with Gasteiger partial charge in [0.15, 0.2) is 0 Å². The fraction of sp³-hybridized carbons (Fsp3) is 0.824. The molecule has 2 heterocycles. The van der Waals surface area contributed by atoms with Crippen molar-refractivity contribution in [2.45, 2.75) is 63.1 Å². The molecule has 0 aromatic heterocycles. The molecule has 0 spiro atoms. The highest BCUT2D eigenvalue weighted by Crippen LogP contribution is 2.19. The number of likely N-dealkylation sites (N-methyl/N-ethyl adjacent to an activating group) is 1. The minimum Gasteiger partial charge on any atom is -0.343 e. The van der Waals surface area contributed by atoms with Crippen molar-refractivity contribution < 1.29 is 14.4 Å². The van der Waals surface area contributed by atoms with Crippen LogP contribution in [-0.2, 0) is 14.4 Å². The summed E-state index contributed by atoms with van der Waals surface area (Å²) in [4.78, 5) is 40.2.